The summed E-state index contributed by atoms with van der Waals surface area (Å²) in [6.07, 6.45) is 0. The first kappa shape index (κ1) is 21.3. The number of aryl methyl sites for hydroxylation is 2. The summed E-state index contributed by atoms with van der Waals surface area (Å²) >= 11 is 1.42. The summed E-state index contributed by atoms with van der Waals surface area (Å²) in [4.78, 5) is 28.0. The van der Waals surface area contributed by atoms with E-state index in [2.05, 4.69) is 10.3 Å². The Morgan fingerprint density at radius 2 is 2.10 bits per heavy atom. The van der Waals surface area contributed by atoms with E-state index in [0.717, 1.165) is 11.3 Å². The van der Waals surface area contributed by atoms with Crippen molar-refractivity contribution in [1.29, 1.82) is 0 Å². The number of rotatable bonds is 8. The van der Waals surface area contributed by atoms with Crippen molar-refractivity contribution in [3.8, 4) is 11.5 Å². The molecule has 2 heterocycles. The zero-order valence-corrected chi connectivity index (χ0v) is 17.7. The number of hydrogen-bond donors (Lipinski definition) is 1. The van der Waals surface area contributed by atoms with Gasteiger partial charge >= 0.3 is 0 Å². The zero-order valence-electron chi connectivity index (χ0n) is 16.9. The van der Waals surface area contributed by atoms with Gasteiger partial charge in [-0.1, -0.05) is 0 Å². The number of nitrogens with zero attached hydrogens (tertiary/aromatic N) is 2. The largest absolute Gasteiger partial charge is 0.493 e. The molecule has 0 aliphatic rings. The average molecular weight is 431 g/mol. The molecule has 0 bridgehead atoms. The fourth-order valence-corrected chi connectivity index (χ4v) is 3.59. The van der Waals surface area contributed by atoms with E-state index in [1.54, 1.807) is 19.4 Å². The van der Waals surface area contributed by atoms with Crippen molar-refractivity contribution in [2.45, 2.75) is 33.4 Å². The van der Waals surface area contributed by atoms with Crippen molar-refractivity contribution in [3.05, 3.63) is 67.5 Å². The maximum Gasteiger partial charge on any atom is 0.286 e. The minimum atomic E-state index is -0.623. The van der Waals surface area contributed by atoms with Gasteiger partial charge in [0, 0.05) is 17.0 Å². The van der Waals surface area contributed by atoms with Gasteiger partial charge in [-0.2, -0.15) is 0 Å². The second-order valence-corrected chi connectivity index (χ2v) is 7.33. The molecule has 3 aromatic rings. The molecule has 158 valence electrons. The van der Waals surface area contributed by atoms with Crippen molar-refractivity contribution >= 4 is 22.9 Å². The van der Waals surface area contributed by atoms with Gasteiger partial charge in [0.1, 0.15) is 23.7 Å². The molecule has 0 spiro atoms. The highest BCUT2D eigenvalue weighted by atomic mass is 32.1. The van der Waals surface area contributed by atoms with E-state index < -0.39 is 16.9 Å². The molecule has 1 unspecified atom stereocenters. The molecule has 3 rings (SSSR count). The maximum atomic E-state index is 12.8. The molecule has 0 radical (unpaired) electrons. The molecule has 9 nitrogen and oxygen atoms in total. The second kappa shape index (κ2) is 8.95. The van der Waals surface area contributed by atoms with Crippen molar-refractivity contribution in [2.75, 3.05) is 7.11 Å². The number of nitro groups is 1. The average Bonchev–Trinajstić information content (AvgIpc) is 3.34. The van der Waals surface area contributed by atoms with Crippen LogP contribution in [0.25, 0.3) is 0 Å². The van der Waals surface area contributed by atoms with Gasteiger partial charge < -0.3 is 19.2 Å². The summed E-state index contributed by atoms with van der Waals surface area (Å²) in [6, 6.07) is 3.92. The monoisotopic (exact) mass is 431 g/mol. The van der Waals surface area contributed by atoms with Crippen LogP contribution in [0.1, 0.15) is 46.1 Å². The van der Waals surface area contributed by atoms with Crippen molar-refractivity contribution in [2.24, 2.45) is 0 Å². The van der Waals surface area contributed by atoms with Crippen LogP contribution in [-0.4, -0.2) is 22.9 Å². The third kappa shape index (κ3) is 4.60. The Morgan fingerprint density at radius 3 is 2.67 bits per heavy atom. The van der Waals surface area contributed by atoms with Crippen LogP contribution in [0.4, 0.5) is 5.69 Å². The molecular weight excluding hydrogens is 410 g/mol. The SMILES string of the molecule is COc1cc(C(=O)NC(C)c2cc(C)oc2C)c([N+](=O)[O-])cc1OCc1cscn1. The first-order chi connectivity index (χ1) is 14.3. The van der Waals surface area contributed by atoms with Crippen LogP contribution in [0.2, 0.25) is 0 Å². The molecular formula is C20H21N3O6S. The van der Waals surface area contributed by atoms with Gasteiger partial charge in [0.2, 0.25) is 0 Å². The molecule has 10 heteroatoms. The van der Waals surface area contributed by atoms with Gasteiger partial charge in [0.25, 0.3) is 11.6 Å². The van der Waals surface area contributed by atoms with E-state index in [-0.39, 0.29) is 29.4 Å². The molecule has 1 N–H and O–H groups in total. The summed E-state index contributed by atoms with van der Waals surface area (Å²) in [5, 5.41) is 16.2. The van der Waals surface area contributed by atoms with Gasteiger partial charge in [0.05, 0.1) is 35.3 Å². The van der Waals surface area contributed by atoms with Gasteiger partial charge in [-0.25, -0.2) is 4.98 Å². The third-order valence-corrected chi connectivity index (χ3v) is 5.11. The summed E-state index contributed by atoms with van der Waals surface area (Å²) in [6.45, 7) is 5.51. The number of ether oxygens (including phenoxy) is 2. The molecule has 1 aromatic carbocycles. The van der Waals surface area contributed by atoms with Gasteiger partial charge in [-0.3, -0.25) is 14.9 Å². The highest BCUT2D eigenvalue weighted by Gasteiger charge is 2.26. The number of carbonyl (C=O) groups is 1. The number of hydrogen-bond acceptors (Lipinski definition) is 8. The summed E-state index contributed by atoms with van der Waals surface area (Å²) in [7, 11) is 1.40. The molecule has 30 heavy (non-hydrogen) atoms. The lowest BCUT2D eigenvalue weighted by Gasteiger charge is -2.15. The molecule has 0 aliphatic carbocycles. The smallest absolute Gasteiger partial charge is 0.286 e. The molecule has 0 fully saturated rings. The maximum absolute atomic E-state index is 12.8. The molecule has 1 amide bonds. The van der Waals surface area contributed by atoms with E-state index in [1.807, 2.05) is 18.4 Å². The Balaban J connectivity index is 1.87. The number of furan rings is 1. The van der Waals surface area contributed by atoms with Crippen LogP contribution in [0.3, 0.4) is 0 Å². The Hall–Kier alpha value is -3.40. The standard InChI is InChI=1S/C20H21N3O6S/c1-11-5-15(13(3)29-11)12(2)22-20(24)16-6-18(27-4)19(7-17(16)23(25)26)28-8-14-9-30-10-21-14/h5-7,9-10,12H,8H2,1-4H3,(H,22,24). The predicted molar refractivity (Wildman–Crippen MR) is 110 cm³/mol. The molecule has 2 aromatic heterocycles. The van der Waals surface area contributed by atoms with Crippen LogP contribution in [0.5, 0.6) is 11.5 Å². The Morgan fingerprint density at radius 1 is 1.33 bits per heavy atom. The number of benzene rings is 1. The van der Waals surface area contributed by atoms with Gasteiger partial charge in [0.15, 0.2) is 11.5 Å². The predicted octanol–water partition coefficient (Wildman–Crippen LogP) is 4.34. The Labute approximate surface area is 176 Å². The Bertz CT molecular complexity index is 1060. The van der Waals surface area contributed by atoms with Gasteiger partial charge in [-0.15, -0.1) is 11.3 Å². The van der Waals surface area contributed by atoms with Crippen LogP contribution < -0.4 is 14.8 Å². The fraction of sp³-hybridized carbons (Fsp3) is 0.300. The minimum absolute atomic E-state index is 0.123. The van der Waals surface area contributed by atoms with Crippen molar-refractivity contribution < 1.29 is 23.6 Å². The fourth-order valence-electron chi connectivity index (χ4n) is 3.05. The Kier molecular flexibility index (Phi) is 6.36. The van der Waals surface area contributed by atoms with Crippen LogP contribution in [-0.2, 0) is 6.61 Å². The lowest BCUT2D eigenvalue weighted by atomic mass is 10.1. The van der Waals surface area contributed by atoms with E-state index in [1.165, 1.54) is 30.6 Å². The topological polar surface area (TPSA) is 117 Å². The quantitative estimate of drug-likeness (QED) is 0.416. The first-order valence-electron chi connectivity index (χ1n) is 9.04. The zero-order chi connectivity index (χ0) is 21.8. The van der Waals surface area contributed by atoms with E-state index in [9.17, 15) is 14.9 Å². The van der Waals surface area contributed by atoms with Crippen molar-refractivity contribution in [3.63, 3.8) is 0 Å². The molecule has 0 aliphatic heterocycles. The van der Waals surface area contributed by atoms with Crippen LogP contribution in [0, 0.1) is 24.0 Å². The first-order valence-corrected chi connectivity index (χ1v) is 9.98. The summed E-state index contributed by atoms with van der Waals surface area (Å²) in [5.74, 6) is 1.17. The van der Waals surface area contributed by atoms with Crippen molar-refractivity contribution in [1.82, 2.24) is 10.3 Å². The number of nitrogens with one attached hydrogen (secondary N) is 1. The third-order valence-electron chi connectivity index (χ3n) is 4.48. The highest BCUT2D eigenvalue weighted by Crippen LogP contribution is 2.35. The van der Waals surface area contributed by atoms with E-state index >= 15 is 0 Å². The highest BCUT2D eigenvalue weighted by molar-refractivity contribution is 7.07. The van der Waals surface area contributed by atoms with Gasteiger partial charge in [-0.05, 0) is 26.8 Å². The summed E-state index contributed by atoms with van der Waals surface area (Å²) < 4.78 is 16.4. The number of nitro benzene ring substituents is 1. The number of carbonyl (C=O) groups excluding carboxylic acids is 1. The normalized spacial score (nSPS) is 11.7. The number of aromatic nitrogens is 1. The lowest BCUT2D eigenvalue weighted by Crippen LogP contribution is -2.27. The number of thiazole rings is 1. The minimum Gasteiger partial charge on any atom is -0.493 e. The number of amides is 1. The van der Waals surface area contributed by atoms with Crippen LogP contribution in [0.15, 0.2) is 33.5 Å². The van der Waals surface area contributed by atoms with E-state index in [0.29, 0.717) is 11.5 Å². The molecule has 0 saturated heterocycles. The molecule has 0 saturated carbocycles. The molecule has 1 atom stereocenters. The number of methoxy groups -OCH3 is 1. The van der Waals surface area contributed by atoms with E-state index in [4.69, 9.17) is 13.9 Å². The second-order valence-electron chi connectivity index (χ2n) is 6.61. The lowest BCUT2D eigenvalue weighted by molar-refractivity contribution is -0.385. The van der Waals surface area contributed by atoms with Crippen LogP contribution >= 0.6 is 11.3 Å². The summed E-state index contributed by atoms with van der Waals surface area (Å²) in [5.41, 5.74) is 2.65.